The van der Waals surface area contributed by atoms with Crippen LogP contribution >= 0.6 is 31.9 Å². The first kappa shape index (κ1) is 21.4. The number of amides is 1. The number of carbonyl (C=O) groups excluding carboxylic acids is 1. The number of hydrogen-bond donors (Lipinski definition) is 1. The van der Waals surface area contributed by atoms with E-state index >= 15 is 0 Å². The molecular weight excluding hydrogens is 476 g/mol. The molecule has 2 aromatic rings. The fourth-order valence-electron chi connectivity index (χ4n) is 2.37. The fourth-order valence-corrected chi connectivity index (χ4v) is 3.79. The smallest absolute Gasteiger partial charge is 0.277 e. The van der Waals surface area contributed by atoms with Gasteiger partial charge in [-0.1, -0.05) is 41.9 Å². The summed E-state index contributed by atoms with van der Waals surface area (Å²) in [7, 11) is 1.57. The van der Waals surface area contributed by atoms with Gasteiger partial charge in [0.1, 0.15) is 11.5 Å². The Morgan fingerprint density at radius 2 is 1.96 bits per heavy atom. The van der Waals surface area contributed by atoms with Crippen LogP contribution in [0.25, 0.3) is 0 Å². The second-order valence-corrected chi connectivity index (χ2v) is 7.74. The summed E-state index contributed by atoms with van der Waals surface area (Å²) < 4.78 is 12.5. The van der Waals surface area contributed by atoms with Gasteiger partial charge < -0.3 is 9.47 Å². The number of benzene rings is 2. The minimum absolute atomic E-state index is 0.112. The maximum absolute atomic E-state index is 11.9. The third kappa shape index (κ3) is 6.36. The van der Waals surface area contributed by atoms with Gasteiger partial charge in [0.15, 0.2) is 6.61 Å². The minimum Gasteiger partial charge on any atom is -0.495 e. The fraction of sp³-hybridized carbons (Fsp3) is 0.300. The first-order chi connectivity index (χ1) is 12.9. The molecule has 144 valence electrons. The van der Waals surface area contributed by atoms with Crippen molar-refractivity contribution in [3.63, 3.8) is 0 Å². The summed E-state index contributed by atoms with van der Waals surface area (Å²) in [4.78, 5) is 11.9. The molecule has 0 bridgehead atoms. The molecule has 0 radical (unpaired) electrons. The van der Waals surface area contributed by atoms with Crippen molar-refractivity contribution < 1.29 is 14.3 Å². The quantitative estimate of drug-likeness (QED) is 0.399. The van der Waals surface area contributed by atoms with Crippen molar-refractivity contribution in [2.24, 2.45) is 5.10 Å². The number of ether oxygens (including phenoxy) is 2. The molecule has 1 N–H and O–H groups in total. The lowest BCUT2D eigenvalue weighted by molar-refractivity contribution is -0.123. The molecule has 1 unspecified atom stereocenters. The lowest BCUT2D eigenvalue weighted by Crippen LogP contribution is -2.24. The van der Waals surface area contributed by atoms with Gasteiger partial charge in [0.05, 0.1) is 17.8 Å². The molecule has 0 fully saturated rings. The second-order valence-electron chi connectivity index (χ2n) is 5.97. The summed E-state index contributed by atoms with van der Waals surface area (Å²) in [5, 5.41) is 3.97. The molecule has 0 aliphatic heterocycles. The van der Waals surface area contributed by atoms with Crippen LogP contribution in [-0.4, -0.2) is 25.8 Å². The summed E-state index contributed by atoms with van der Waals surface area (Å²) in [5.74, 6) is 1.45. The summed E-state index contributed by atoms with van der Waals surface area (Å²) in [6, 6.07) is 11.5. The van der Waals surface area contributed by atoms with Gasteiger partial charge in [-0.2, -0.15) is 5.10 Å². The maximum Gasteiger partial charge on any atom is 0.277 e. The summed E-state index contributed by atoms with van der Waals surface area (Å²) in [6.07, 6.45) is 2.60. The molecule has 0 aromatic heterocycles. The molecule has 2 aromatic carbocycles. The molecule has 7 heteroatoms. The zero-order valence-electron chi connectivity index (χ0n) is 15.5. The van der Waals surface area contributed by atoms with Crippen LogP contribution in [0.1, 0.15) is 37.3 Å². The van der Waals surface area contributed by atoms with Crippen molar-refractivity contribution in [1.29, 1.82) is 0 Å². The Bertz CT molecular complexity index is 808. The highest BCUT2D eigenvalue weighted by atomic mass is 79.9. The molecule has 5 nitrogen and oxygen atoms in total. The van der Waals surface area contributed by atoms with E-state index in [0.717, 1.165) is 20.9 Å². The predicted molar refractivity (Wildman–Crippen MR) is 115 cm³/mol. The highest BCUT2D eigenvalue weighted by Gasteiger charge is 2.08. The summed E-state index contributed by atoms with van der Waals surface area (Å²) in [5.41, 5.74) is 4.43. The van der Waals surface area contributed by atoms with Crippen molar-refractivity contribution >= 4 is 44.0 Å². The topological polar surface area (TPSA) is 59.9 Å². The highest BCUT2D eigenvalue weighted by Crippen LogP contribution is 2.31. The number of carbonyl (C=O) groups is 1. The number of rotatable bonds is 8. The van der Waals surface area contributed by atoms with Gasteiger partial charge in [-0.15, -0.1) is 0 Å². The van der Waals surface area contributed by atoms with Crippen LogP contribution in [0, 0.1) is 0 Å². The second kappa shape index (κ2) is 10.5. The van der Waals surface area contributed by atoms with Crippen molar-refractivity contribution in [2.45, 2.75) is 26.2 Å². The predicted octanol–water partition coefficient (Wildman–Crippen LogP) is 5.26. The standard InChI is InChI=1S/C20H22Br2N2O3/c1-4-13(2)14-5-7-17(8-6-14)27-12-19(25)24-23-11-15-9-16(21)10-18(22)20(15)26-3/h5-11,13H,4,12H2,1-3H3,(H,24,25). The zero-order chi connectivity index (χ0) is 19.8. The molecule has 2 rings (SSSR count). The average Bonchev–Trinajstić information content (AvgIpc) is 2.66. The van der Waals surface area contributed by atoms with E-state index < -0.39 is 0 Å². The SMILES string of the molecule is CCC(C)c1ccc(OCC(=O)NN=Cc2cc(Br)cc(Br)c2OC)cc1. The van der Waals surface area contributed by atoms with Gasteiger partial charge in [-0.05, 0) is 58.1 Å². The molecule has 0 spiro atoms. The summed E-state index contributed by atoms with van der Waals surface area (Å²) >= 11 is 6.84. The molecule has 27 heavy (non-hydrogen) atoms. The maximum atomic E-state index is 11.9. The van der Waals surface area contributed by atoms with E-state index in [2.05, 4.69) is 56.2 Å². The van der Waals surface area contributed by atoms with E-state index in [1.165, 1.54) is 11.8 Å². The number of nitrogens with zero attached hydrogens (tertiary/aromatic N) is 1. The van der Waals surface area contributed by atoms with Gasteiger partial charge in [-0.3, -0.25) is 4.79 Å². The van der Waals surface area contributed by atoms with E-state index in [0.29, 0.717) is 17.4 Å². The molecule has 1 atom stereocenters. The van der Waals surface area contributed by atoms with E-state index in [4.69, 9.17) is 9.47 Å². The monoisotopic (exact) mass is 496 g/mol. The van der Waals surface area contributed by atoms with Crippen LogP contribution in [-0.2, 0) is 4.79 Å². The van der Waals surface area contributed by atoms with Crippen LogP contribution in [0.3, 0.4) is 0 Å². The number of halogens is 2. The Balaban J connectivity index is 1.89. The Morgan fingerprint density at radius 3 is 2.59 bits per heavy atom. The lowest BCUT2D eigenvalue weighted by atomic mass is 9.99. The number of hydrogen-bond acceptors (Lipinski definition) is 4. The van der Waals surface area contributed by atoms with Crippen LogP contribution in [0.4, 0.5) is 0 Å². The molecular formula is C20H22Br2N2O3. The molecule has 0 heterocycles. The van der Waals surface area contributed by atoms with Crippen LogP contribution < -0.4 is 14.9 Å². The van der Waals surface area contributed by atoms with Gasteiger partial charge in [0.2, 0.25) is 0 Å². The highest BCUT2D eigenvalue weighted by molar-refractivity contribution is 9.11. The molecule has 0 aliphatic carbocycles. The van der Waals surface area contributed by atoms with E-state index in [1.807, 2.05) is 36.4 Å². The normalized spacial score (nSPS) is 12.0. The number of methoxy groups -OCH3 is 1. The third-order valence-corrected chi connectivity index (χ3v) is 5.11. The molecule has 0 saturated heterocycles. The van der Waals surface area contributed by atoms with Gasteiger partial charge in [0, 0.05) is 10.0 Å². The Morgan fingerprint density at radius 1 is 1.26 bits per heavy atom. The van der Waals surface area contributed by atoms with Crippen LogP contribution in [0.2, 0.25) is 0 Å². The number of hydrazone groups is 1. The lowest BCUT2D eigenvalue weighted by Gasteiger charge is -2.10. The average molecular weight is 498 g/mol. The Kier molecular flexibility index (Phi) is 8.31. The van der Waals surface area contributed by atoms with Crippen molar-refractivity contribution in [1.82, 2.24) is 5.43 Å². The zero-order valence-corrected chi connectivity index (χ0v) is 18.6. The Labute approximate surface area is 176 Å². The minimum atomic E-state index is -0.342. The first-order valence-electron chi connectivity index (χ1n) is 8.52. The molecule has 1 amide bonds. The van der Waals surface area contributed by atoms with Gasteiger partial charge >= 0.3 is 0 Å². The van der Waals surface area contributed by atoms with Crippen LogP contribution in [0.5, 0.6) is 11.5 Å². The number of nitrogens with one attached hydrogen (secondary N) is 1. The van der Waals surface area contributed by atoms with Gasteiger partial charge in [0.25, 0.3) is 5.91 Å². The van der Waals surface area contributed by atoms with Crippen molar-refractivity contribution in [3.05, 3.63) is 56.5 Å². The van der Waals surface area contributed by atoms with E-state index in [9.17, 15) is 4.79 Å². The van der Waals surface area contributed by atoms with Crippen LogP contribution in [0.15, 0.2) is 50.4 Å². The molecule has 0 aliphatic rings. The largest absolute Gasteiger partial charge is 0.495 e. The van der Waals surface area contributed by atoms with Crippen molar-refractivity contribution in [3.8, 4) is 11.5 Å². The van der Waals surface area contributed by atoms with Crippen molar-refractivity contribution in [2.75, 3.05) is 13.7 Å². The molecule has 0 saturated carbocycles. The van der Waals surface area contributed by atoms with E-state index in [-0.39, 0.29) is 12.5 Å². The third-order valence-electron chi connectivity index (χ3n) is 4.07. The van der Waals surface area contributed by atoms with E-state index in [1.54, 1.807) is 7.11 Å². The summed E-state index contributed by atoms with van der Waals surface area (Å²) in [6.45, 7) is 4.22. The first-order valence-corrected chi connectivity index (χ1v) is 10.1. The Hall–Kier alpha value is -1.86. The van der Waals surface area contributed by atoms with Gasteiger partial charge in [-0.25, -0.2) is 5.43 Å².